The zero-order chi connectivity index (χ0) is 16.0. The number of rotatable bonds is 2. The highest BCUT2D eigenvalue weighted by Crippen LogP contribution is 2.33. The predicted octanol–water partition coefficient (Wildman–Crippen LogP) is 2.80. The maximum absolute atomic E-state index is 5.86. The van der Waals surface area contributed by atoms with E-state index >= 15 is 0 Å². The van der Waals surface area contributed by atoms with E-state index in [1.807, 2.05) is 0 Å². The van der Waals surface area contributed by atoms with E-state index in [9.17, 15) is 0 Å². The zero-order valence-electron chi connectivity index (χ0n) is 14.4. The third-order valence-electron chi connectivity index (χ3n) is 5.30. The summed E-state index contributed by atoms with van der Waals surface area (Å²) in [5, 5.41) is 1.06. The van der Waals surface area contributed by atoms with Crippen molar-refractivity contribution in [2.75, 3.05) is 26.3 Å². The van der Waals surface area contributed by atoms with Gasteiger partial charge in [-0.05, 0) is 65.6 Å². The Balaban J connectivity index is 1.65. The van der Waals surface area contributed by atoms with Crippen molar-refractivity contribution in [3.63, 3.8) is 0 Å². The molecule has 0 spiro atoms. The van der Waals surface area contributed by atoms with Crippen molar-refractivity contribution in [2.24, 2.45) is 0 Å². The summed E-state index contributed by atoms with van der Waals surface area (Å²) in [5.41, 5.74) is -0.0424. The van der Waals surface area contributed by atoms with Gasteiger partial charge in [-0.1, -0.05) is 0 Å². The van der Waals surface area contributed by atoms with Gasteiger partial charge in [-0.2, -0.15) is 0 Å². The molecule has 0 bridgehead atoms. The van der Waals surface area contributed by atoms with Gasteiger partial charge in [0.1, 0.15) is 0 Å². The molecule has 0 aliphatic carbocycles. The fourth-order valence-electron chi connectivity index (χ4n) is 4.18. The first kappa shape index (κ1) is 16.5. The van der Waals surface area contributed by atoms with E-state index in [1.165, 1.54) is 0 Å². The first-order valence-corrected chi connectivity index (χ1v) is 9.03. The lowest BCUT2D eigenvalue weighted by Crippen LogP contribution is -2.50. The van der Waals surface area contributed by atoms with Crippen LogP contribution in [0.1, 0.15) is 53.4 Å². The van der Waals surface area contributed by atoms with Crippen molar-refractivity contribution in [3.05, 3.63) is 0 Å². The van der Waals surface area contributed by atoms with E-state index in [-0.39, 0.29) is 11.2 Å². The molecule has 5 heteroatoms. The molecule has 0 aromatic carbocycles. The maximum atomic E-state index is 5.86. The molecule has 3 aliphatic rings. The number of nitrogens with zero attached hydrogens (tertiary/aromatic N) is 2. The van der Waals surface area contributed by atoms with Crippen LogP contribution in [0, 0.1) is 0 Å². The summed E-state index contributed by atoms with van der Waals surface area (Å²) in [7, 11) is 0. The van der Waals surface area contributed by atoms with Crippen LogP contribution in [0.4, 0.5) is 0 Å². The standard InChI is InChI=1S/C17H30N2O2S/c1-16(2)11-13(5-9-20-16)18-7-8-19(15(18)22)14-6-10-21-17(3,4)12-14/h13-14H,5-12H2,1-4H3. The van der Waals surface area contributed by atoms with Gasteiger partial charge in [0.05, 0.1) is 11.2 Å². The molecule has 3 fully saturated rings. The highest BCUT2D eigenvalue weighted by atomic mass is 32.1. The summed E-state index contributed by atoms with van der Waals surface area (Å²) in [6.45, 7) is 12.6. The number of hydrogen-bond acceptors (Lipinski definition) is 3. The smallest absolute Gasteiger partial charge is 0.172 e. The fourth-order valence-corrected chi connectivity index (χ4v) is 4.66. The van der Waals surface area contributed by atoms with Crippen molar-refractivity contribution in [1.82, 2.24) is 9.80 Å². The lowest BCUT2D eigenvalue weighted by molar-refractivity contribution is -0.0747. The number of hydrogen-bond donors (Lipinski definition) is 0. The Kier molecular flexibility index (Phi) is 4.43. The minimum atomic E-state index is -0.0212. The largest absolute Gasteiger partial charge is 0.375 e. The minimum Gasteiger partial charge on any atom is -0.375 e. The Morgan fingerprint density at radius 3 is 1.64 bits per heavy atom. The third-order valence-corrected chi connectivity index (χ3v) is 5.77. The average Bonchev–Trinajstić information content (AvgIpc) is 2.78. The molecule has 126 valence electrons. The lowest BCUT2D eigenvalue weighted by atomic mass is 9.93. The van der Waals surface area contributed by atoms with E-state index in [4.69, 9.17) is 21.7 Å². The quantitative estimate of drug-likeness (QED) is 0.727. The average molecular weight is 327 g/mol. The molecule has 2 atom stereocenters. The molecule has 0 aromatic heterocycles. The summed E-state index contributed by atoms with van der Waals surface area (Å²) in [4.78, 5) is 4.92. The van der Waals surface area contributed by atoms with E-state index in [2.05, 4.69) is 37.5 Å². The second-order valence-electron chi connectivity index (χ2n) is 8.18. The summed E-state index contributed by atoms with van der Waals surface area (Å²) < 4.78 is 11.7. The molecule has 3 rings (SSSR count). The van der Waals surface area contributed by atoms with Gasteiger partial charge in [0.2, 0.25) is 0 Å². The molecule has 3 aliphatic heterocycles. The van der Waals surface area contributed by atoms with Gasteiger partial charge in [0.15, 0.2) is 5.11 Å². The van der Waals surface area contributed by atoms with Gasteiger partial charge in [0, 0.05) is 38.4 Å². The van der Waals surface area contributed by atoms with Crippen LogP contribution in [-0.4, -0.2) is 64.5 Å². The van der Waals surface area contributed by atoms with E-state index < -0.39 is 0 Å². The van der Waals surface area contributed by atoms with Gasteiger partial charge in [-0.15, -0.1) is 0 Å². The summed E-state index contributed by atoms with van der Waals surface area (Å²) in [6, 6.07) is 1.07. The number of thiocarbonyl (C=S) groups is 1. The summed E-state index contributed by atoms with van der Waals surface area (Å²) in [5.74, 6) is 0. The second kappa shape index (κ2) is 5.91. The van der Waals surface area contributed by atoms with Crippen molar-refractivity contribution < 1.29 is 9.47 Å². The van der Waals surface area contributed by atoms with Gasteiger partial charge in [-0.3, -0.25) is 0 Å². The summed E-state index contributed by atoms with van der Waals surface area (Å²) in [6.07, 6.45) is 4.33. The Labute approximate surface area is 140 Å². The van der Waals surface area contributed by atoms with Crippen molar-refractivity contribution >= 4 is 17.3 Å². The van der Waals surface area contributed by atoms with Gasteiger partial charge in [-0.25, -0.2) is 0 Å². The first-order valence-electron chi connectivity index (χ1n) is 8.63. The molecule has 0 N–H and O–H groups in total. The van der Waals surface area contributed by atoms with Gasteiger partial charge >= 0.3 is 0 Å². The Morgan fingerprint density at radius 1 is 0.864 bits per heavy atom. The molecular formula is C17H30N2O2S. The van der Waals surface area contributed by atoms with Crippen LogP contribution in [0.15, 0.2) is 0 Å². The molecular weight excluding hydrogens is 296 g/mol. The first-order chi connectivity index (χ1) is 10.3. The molecule has 0 saturated carbocycles. The van der Waals surface area contributed by atoms with Crippen molar-refractivity contribution in [3.8, 4) is 0 Å². The van der Waals surface area contributed by atoms with Crippen LogP contribution in [0.25, 0.3) is 0 Å². The van der Waals surface area contributed by atoms with Crippen LogP contribution >= 0.6 is 12.2 Å². The molecule has 4 nitrogen and oxygen atoms in total. The SMILES string of the molecule is CC1(C)CC(N2CCN(C3CCOC(C)(C)C3)C2=S)CCO1. The Hall–Kier alpha value is -0.390. The van der Waals surface area contributed by atoms with Crippen LogP contribution in [0.2, 0.25) is 0 Å². The molecule has 0 radical (unpaired) electrons. The zero-order valence-corrected chi connectivity index (χ0v) is 15.2. The number of ether oxygens (including phenoxy) is 2. The molecule has 3 saturated heterocycles. The Bertz CT molecular complexity index is 400. The van der Waals surface area contributed by atoms with Gasteiger partial charge < -0.3 is 19.3 Å². The molecule has 2 unspecified atom stereocenters. The monoisotopic (exact) mass is 326 g/mol. The minimum absolute atomic E-state index is 0.0212. The van der Waals surface area contributed by atoms with Gasteiger partial charge in [0.25, 0.3) is 0 Å². The van der Waals surface area contributed by atoms with E-state index in [0.717, 1.165) is 57.1 Å². The normalized spacial score (nSPS) is 35.0. The van der Waals surface area contributed by atoms with E-state index in [1.54, 1.807) is 0 Å². The molecule has 3 heterocycles. The van der Waals surface area contributed by atoms with Crippen LogP contribution in [-0.2, 0) is 9.47 Å². The maximum Gasteiger partial charge on any atom is 0.172 e. The van der Waals surface area contributed by atoms with Crippen LogP contribution < -0.4 is 0 Å². The fraction of sp³-hybridized carbons (Fsp3) is 0.941. The third kappa shape index (κ3) is 3.41. The molecule has 0 amide bonds. The topological polar surface area (TPSA) is 24.9 Å². The highest BCUT2D eigenvalue weighted by molar-refractivity contribution is 7.80. The van der Waals surface area contributed by atoms with Crippen LogP contribution in [0.3, 0.4) is 0 Å². The molecule has 0 aromatic rings. The highest BCUT2D eigenvalue weighted by Gasteiger charge is 2.41. The van der Waals surface area contributed by atoms with Crippen molar-refractivity contribution in [2.45, 2.75) is 76.7 Å². The summed E-state index contributed by atoms with van der Waals surface area (Å²) >= 11 is 5.84. The van der Waals surface area contributed by atoms with Crippen LogP contribution in [0.5, 0.6) is 0 Å². The van der Waals surface area contributed by atoms with E-state index in [0.29, 0.717) is 12.1 Å². The molecule has 22 heavy (non-hydrogen) atoms. The Morgan fingerprint density at radius 2 is 1.27 bits per heavy atom. The lowest BCUT2D eigenvalue weighted by Gasteiger charge is -2.43. The predicted molar refractivity (Wildman–Crippen MR) is 92.1 cm³/mol. The second-order valence-corrected chi connectivity index (χ2v) is 8.54. The van der Waals surface area contributed by atoms with Crippen molar-refractivity contribution in [1.29, 1.82) is 0 Å².